The van der Waals surface area contributed by atoms with Crippen molar-refractivity contribution in [1.29, 1.82) is 0 Å². The predicted octanol–water partition coefficient (Wildman–Crippen LogP) is 0.354. The number of aromatic carboxylic acids is 1. The molecule has 1 aliphatic heterocycles. The van der Waals surface area contributed by atoms with Crippen LogP contribution in [0.3, 0.4) is 0 Å². The average Bonchev–Trinajstić information content (AvgIpc) is 2.71. The Morgan fingerprint density at radius 3 is 2.67 bits per heavy atom. The van der Waals surface area contributed by atoms with Gasteiger partial charge in [0.15, 0.2) is 0 Å². The fourth-order valence-electron chi connectivity index (χ4n) is 2.06. The van der Waals surface area contributed by atoms with Crippen molar-refractivity contribution in [2.45, 2.75) is 13.5 Å². The Kier molecular flexibility index (Phi) is 3.66. The number of nitrogens with zero attached hydrogens (tertiary/aromatic N) is 2. The van der Waals surface area contributed by atoms with E-state index in [1.165, 1.54) is 4.57 Å². The highest BCUT2D eigenvalue weighted by molar-refractivity contribution is 5.88. The summed E-state index contributed by atoms with van der Waals surface area (Å²) < 4.78 is 6.65. The van der Waals surface area contributed by atoms with Gasteiger partial charge in [0, 0.05) is 19.3 Å². The van der Waals surface area contributed by atoms with Crippen LogP contribution >= 0.6 is 0 Å². The average molecular weight is 252 g/mol. The van der Waals surface area contributed by atoms with E-state index < -0.39 is 5.97 Å². The van der Waals surface area contributed by atoms with E-state index in [2.05, 4.69) is 0 Å². The minimum atomic E-state index is -1.01. The Hall–Kier alpha value is -1.82. The first-order chi connectivity index (χ1) is 8.59. The van der Waals surface area contributed by atoms with Gasteiger partial charge in [-0.3, -0.25) is 4.79 Å². The summed E-state index contributed by atoms with van der Waals surface area (Å²) in [7, 11) is 0. The molecule has 0 unspecified atom stereocenters. The third-order valence-electron chi connectivity index (χ3n) is 3.04. The van der Waals surface area contributed by atoms with Gasteiger partial charge in [-0.25, -0.2) is 4.79 Å². The van der Waals surface area contributed by atoms with Gasteiger partial charge in [0.2, 0.25) is 5.91 Å². The van der Waals surface area contributed by atoms with E-state index in [0.29, 0.717) is 31.9 Å². The van der Waals surface area contributed by atoms with E-state index in [4.69, 9.17) is 9.84 Å². The van der Waals surface area contributed by atoms with Gasteiger partial charge in [-0.05, 0) is 18.6 Å². The first kappa shape index (κ1) is 12.6. The topological polar surface area (TPSA) is 71.8 Å². The maximum absolute atomic E-state index is 12.0. The van der Waals surface area contributed by atoms with Gasteiger partial charge < -0.3 is 19.3 Å². The maximum Gasteiger partial charge on any atom is 0.352 e. The van der Waals surface area contributed by atoms with Gasteiger partial charge in [0.05, 0.1) is 13.2 Å². The van der Waals surface area contributed by atoms with Gasteiger partial charge in [-0.2, -0.15) is 0 Å². The second-order valence-corrected chi connectivity index (χ2v) is 4.27. The van der Waals surface area contributed by atoms with Crippen LogP contribution in [-0.2, 0) is 16.1 Å². The highest BCUT2D eigenvalue weighted by Gasteiger charge is 2.20. The molecule has 18 heavy (non-hydrogen) atoms. The molecule has 1 aromatic rings. The maximum atomic E-state index is 12.0. The molecule has 0 bridgehead atoms. The molecule has 1 aliphatic rings. The zero-order chi connectivity index (χ0) is 13.1. The lowest BCUT2D eigenvalue weighted by atomic mass is 10.3. The number of carbonyl (C=O) groups is 2. The van der Waals surface area contributed by atoms with E-state index in [1.807, 2.05) is 0 Å². The van der Waals surface area contributed by atoms with Crippen molar-refractivity contribution in [3.63, 3.8) is 0 Å². The van der Waals surface area contributed by atoms with Crippen LogP contribution in [0.5, 0.6) is 0 Å². The quantitative estimate of drug-likeness (QED) is 0.842. The molecule has 1 saturated heterocycles. The molecular weight excluding hydrogens is 236 g/mol. The van der Waals surface area contributed by atoms with Crippen LogP contribution < -0.4 is 0 Å². The first-order valence-corrected chi connectivity index (χ1v) is 5.84. The number of hydrogen-bond donors (Lipinski definition) is 1. The molecule has 1 N–H and O–H groups in total. The summed E-state index contributed by atoms with van der Waals surface area (Å²) in [5.41, 5.74) is 0.842. The van der Waals surface area contributed by atoms with E-state index in [-0.39, 0.29) is 18.1 Å². The van der Waals surface area contributed by atoms with Crippen molar-refractivity contribution in [2.24, 2.45) is 0 Å². The normalized spacial score (nSPS) is 15.7. The Balaban J connectivity index is 2.09. The number of carbonyl (C=O) groups excluding carboxylic acids is 1. The number of carboxylic acids is 1. The minimum absolute atomic E-state index is 0.0650. The molecule has 1 amide bonds. The number of ether oxygens (including phenoxy) is 1. The van der Waals surface area contributed by atoms with Crippen molar-refractivity contribution in [1.82, 2.24) is 9.47 Å². The third kappa shape index (κ3) is 2.53. The summed E-state index contributed by atoms with van der Waals surface area (Å²) in [4.78, 5) is 24.8. The first-order valence-electron chi connectivity index (χ1n) is 5.84. The van der Waals surface area contributed by atoms with Crippen molar-refractivity contribution in [3.8, 4) is 0 Å². The number of aryl methyl sites for hydroxylation is 1. The van der Waals surface area contributed by atoms with Crippen LogP contribution in [0.4, 0.5) is 0 Å². The highest BCUT2D eigenvalue weighted by Crippen LogP contribution is 2.11. The molecular formula is C12H16N2O4. The minimum Gasteiger partial charge on any atom is -0.477 e. The summed E-state index contributed by atoms with van der Waals surface area (Å²) in [6.07, 6.45) is 1.64. The van der Waals surface area contributed by atoms with Crippen LogP contribution in [0, 0.1) is 6.92 Å². The van der Waals surface area contributed by atoms with E-state index in [1.54, 1.807) is 24.1 Å². The monoisotopic (exact) mass is 252 g/mol. The van der Waals surface area contributed by atoms with Gasteiger partial charge in [0.1, 0.15) is 12.2 Å². The SMILES string of the molecule is Cc1ccn(CC(=O)N2CCOCC2)c1C(=O)O. The molecule has 0 saturated carbocycles. The van der Waals surface area contributed by atoms with Crippen molar-refractivity contribution in [3.05, 3.63) is 23.5 Å². The van der Waals surface area contributed by atoms with Crippen molar-refractivity contribution >= 4 is 11.9 Å². The molecule has 0 atom stereocenters. The molecule has 2 heterocycles. The van der Waals surface area contributed by atoms with Crippen LogP contribution in [0.2, 0.25) is 0 Å². The van der Waals surface area contributed by atoms with E-state index >= 15 is 0 Å². The third-order valence-corrected chi connectivity index (χ3v) is 3.04. The highest BCUT2D eigenvalue weighted by atomic mass is 16.5. The largest absolute Gasteiger partial charge is 0.477 e. The van der Waals surface area contributed by atoms with Gasteiger partial charge in [0.25, 0.3) is 0 Å². The lowest BCUT2D eigenvalue weighted by Crippen LogP contribution is -2.42. The molecule has 1 aromatic heterocycles. The summed E-state index contributed by atoms with van der Waals surface area (Å²) in [5, 5.41) is 9.09. The van der Waals surface area contributed by atoms with E-state index in [9.17, 15) is 9.59 Å². The van der Waals surface area contributed by atoms with Crippen molar-refractivity contribution < 1.29 is 19.4 Å². The predicted molar refractivity (Wildman–Crippen MR) is 63.5 cm³/mol. The number of aromatic nitrogens is 1. The molecule has 0 aliphatic carbocycles. The number of rotatable bonds is 3. The molecule has 0 spiro atoms. The van der Waals surface area contributed by atoms with Crippen LogP contribution in [0.1, 0.15) is 16.1 Å². The van der Waals surface area contributed by atoms with Crippen LogP contribution in [0.25, 0.3) is 0 Å². The molecule has 98 valence electrons. The zero-order valence-corrected chi connectivity index (χ0v) is 10.3. The number of carboxylic acid groups (broad SMARTS) is 1. The Bertz CT molecular complexity index is 461. The zero-order valence-electron chi connectivity index (χ0n) is 10.3. The fraction of sp³-hybridized carbons (Fsp3) is 0.500. The van der Waals surface area contributed by atoms with Crippen LogP contribution in [0.15, 0.2) is 12.3 Å². The second-order valence-electron chi connectivity index (χ2n) is 4.27. The molecule has 0 aromatic carbocycles. The van der Waals surface area contributed by atoms with Crippen LogP contribution in [-0.4, -0.2) is 52.8 Å². The summed E-state index contributed by atoms with van der Waals surface area (Å²) in [5.74, 6) is -1.08. The van der Waals surface area contributed by atoms with Gasteiger partial charge in [-0.1, -0.05) is 0 Å². The number of morpholine rings is 1. The Morgan fingerprint density at radius 2 is 2.06 bits per heavy atom. The second kappa shape index (κ2) is 5.22. The molecule has 2 rings (SSSR count). The molecule has 6 nitrogen and oxygen atoms in total. The fourth-order valence-corrected chi connectivity index (χ4v) is 2.06. The summed E-state index contributed by atoms with van der Waals surface area (Å²) >= 11 is 0. The number of hydrogen-bond acceptors (Lipinski definition) is 3. The van der Waals surface area contributed by atoms with Gasteiger partial charge >= 0.3 is 5.97 Å². The molecule has 6 heteroatoms. The summed E-state index contributed by atoms with van der Waals surface area (Å²) in [6.45, 7) is 4.02. The van der Waals surface area contributed by atoms with Crippen molar-refractivity contribution in [2.75, 3.05) is 26.3 Å². The summed E-state index contributed by atoms with van der Waals surface area (Å²) in [6, 6.07) is 1.70. The Morgan fingerprint density at radius 1 is 1.39 bits per heavy atom. The van der Waals surface area contributed by atoms with Gasteiger partial charge in [-0.15, -0.1) is 0 Å². The number of amides is 1. The lowest BCUT2D eigenvalue weighted by Gasteiger charge is -2.27. The smallest absolute Gasteiger partial charge is 0.352 e. The molecule has 1 fully saturated rings. The Labute approximate surface area is 105 Å². The molecule has 0 radical (unpaired) electrons. The van der Waals surface area contributed by atoms with E-state index in [0.717, 1.165) is 0 Å². The standard InChI is InChI=1S/C12H16N2O4/c1-9-2-3-14(11(9)12(16)17)8-10(15)13-4-6-18-7-5-13/h2-3H,4-8H2,1H3,(H,16,17). The lowest BCUT2D eigenvalue weighted by molar-refractivity contribution is -0.135.